The highest BCUT2D eigenvalue weighted by atomic mass is 16.3. The minimum absolute atomic E-state index is 0.111. The Morgan fingerprint density at radius 1 is 1.43 bits per heavy atom. The lowest BCUT2D eigenvalue weighted by atomic mass is 10.0. The summed E-state index contributed by atoms with van der Waals surface area (Å²) < 4.78 is 1.71. The van der Waals surface area contributed by atoms with Gasteiger partial charge in [-0.3, -0.25) is 9.48 Å². The van der Waals surface area contributed by atoms with E-state index in [2.05, 4.69) is 5.10 Å². The standard InChI is InChI=1S/C17H18N4O2/c1-20-11-13(10-19-20)8-15-16(22)6-7-21(15)17(23)14-4-2-12(9-18)3-5-14/h2-5,10-11,15-16,22H,6-8H2,1H3/t15-,16+/m1/s1. The summed E-state index contributed by atoms with van der Waals surface area (Å²) in [5.41, 5.74) is 2.06. The van der Waals surface area contributed by atoms with E-state index in [1.54, 1.807) is 40.0 Å². The van der Waals surface area contributed by atoms with Gasteiger partial charge in [-0.2, -0.15) is 10.4 Å². The van der Waals surface area contributed by atoms with Crippen molar-refractivity contribution in [1.29, 1.82) is 5.26 Å². The predicted octanol–water partition coefficient (Wildman–Crippen LogP) is 1.11. The molecule has 1 N–H and O–H groups in total. The highest BCUT2D eigenvalue weighted by Crippen LogP contribution is 2.24. The molecule has 1 fully saturated rings. The van der Waals surface area contributed by atoms with E-state index in [9.17, 15) is 9.90 Å². The Kier molecular flexibility index (Phi) is 4.13. The molecule has 1 aliphatic heterocycles. The van der Waals surface area contributed by atoms with E-state index in [1.807, 2.05) is 19.3 Å². The zero-order valence-corrected chi connectivity index (χ0v) is 12.9. The van der Waals surface area contributed by atoms with Gasteiger partial charge >= 0.3 is 0 Å². The van der Waals surface area contributed by atoms with Crippen LogP contribution in [0.4, 0.5) is 0 Å². The van der Waals surface area contributed by atoms with Gasteiger partial charge in [0.1, 0.15) is 0 Å². The van der Waals surface area contributed by atoms with Crippen LogP contribution in [-0.4, -0.2) is 44.4 Å². The van der Waals surface area contributed by atoms with Gasteiger partial charge in [-0.25, -0.2) is 0 Å². The van der Waals surface area contributed by atoms with Crippen LogP contribution in [0.5, 0.6) is 0 Å². The average Bonchev–Trinajstić information content (AvgIpc) is 3.14. The zero-order valence-electron chi connectivity index (χ0n) is 12.9. The number of carbonyl (C=O) groups excluding carboxylic acids is 1. The third kappa shape index (κ3) is 3.10. The molecule has 6 heteroatoms. The van der Waals surface area contributed by atoms with E-state index in [0.29, 0.717) is 30.5 Å². The van der Waals surface area contributed by atoms with Crippen molar-refractivity contribution in [2.75, 3.05) is 6.54 Å². The molecule has 1 saturated heterocycles. The molecule has 0 unspecified atom stereocenters. The monoisotopic (exact) mass is 310 g/mol. The summed E-state index contributed by atoms with van der Waals surface area (Å²) in [4.78, 5) is 14.4. The lowest BCUT2D eigenvalue weighted by Gasteiger charge is -2.26. The molecule has 2 aromatic rings. The Morgan fingerprint density at radius 2 is 2.17 bits per heavy atom. The fraction of sp³-hybridized carbons (Fsp3) is 0.353. The van der Waals surface area contributed by atoms with Gasteiger partial charge in [0.2, 0.25) is 0 Å². The van der Waals surface area contributed by atoms with Gasteiger partial charge in [0.05, 0.1) is 30.0 Å². The number of aliphatic hydroxyl groups is 1. The number of aryl methyl sites for hydroxylation is 1. The number of carbonyl (C=O) groups is 1. The number of amides is 1. The van der Waals surface area contributed by atoms with E-state index in [-0.39, 0.29) is 11.9 Å². The smallest absolute Gasteiger partial charge is 0.254 e. The van der Waals surface area contributed by atoms with Crippen LogP contribution in [0, 0.1) is 11.3 Å². The van der Waals surface area contributed by atoms with Crippen molar-refractivity contribution >= 4 is 5.91 Å². The van der Waals surface area contributed by atoms with Crippen molar-refractivity contribution in [3.05, 3.63) is 53.3 Å². The number of nitrogens with zero attached hydrogens (tertiary/aromatic N) is 4. The van der Waals surface area contributed by atoms with Crippen LogP contribution >= 0.6 is 0 Å². The van der Waals surface area contributed by atoms with Gasteiger partial charge in [-0.1, -0.05) is 0 Å². The first kappa shape index (κ1) is 15.3. The normalized spacial score (nSPS) is 20.5. The van der Waals surface area contributed by atoms with Gasteiger partial charge in [0.25, 0.3) is 5.91 Å². The highest BCUT2D eigenvalue weighted by Gasteiger charge is 2.36. The molecule has 2 heterocycles. The minimum Gasteiger partial charge on any atom is -0.391 e. The Bertz CT molecular complexity index is 745. The van der Waals surface area contributed by atoms with E-state index in [1.165, 1.54) is 0 Å². The van der Waals surface area contributed by atoms with Crippen LogP contribution in [0.2, 0.25) is 0 Å². The van der Waals surface area contributed by atoms with E-state index >= 15 is 0 Å². The molecular formula is C17H18N4O2. The molecule has 6 nitrogen and oxygen atoms in total. The molecule has 0 radical (unpaired) electrons. The maximum Gasteiger partial charge on any atom is 0.254 e. The molecule has 1 aromatic heterocycles. The number of nitriles is 1. The minimum atomic E-state index is -0.530. The average molecular weight is 310 g/mol. The first-order chi connectivity index (χ1) is 11.1. The molecule has 0 bridgehead atoms. The number of hydrogen-bond acceptors (Lipinski definition) is 4. The molecule has 3 rings (SSSR count). The fourth-order valence-electron chi connectivity index (χ4n) is 3.01. The Hall–Kier alpha value is -2.65. The Balaban J connectivity index is 1.79. The molecular weight excluding hydrogens is 292 g/mol. The Labute approximate surface area is 134 Å². The summed E-state index contributed by atoms with van der Waals surface area (Å²) in [6.45, 7) is 0.533. The number of benzene rings is 1. The molecule has 1 aromatic carbocycles. The molecule has 2 atom stereocenters. The number of hydrogen-bond donors (Lipinski definition) is 1. The van der Waals surface area contributed by atoms with Gasteiger partial charge in [-0.15, -0.1) is 0 Å². The van der Waals surface area contributed by atoms with E-state index in [4.69, 9.17) is 5.26 Å². The summed E-state index contributed by atoms with van der Waals surface area (Å²) >= 11 is 0. The van der Waals surface area contributed by atoms with Crippen LogP contribution in [0.15, 0.2) is 36.7 Å². The van der Waals surface area contributed by atoms with Crippen molar-refractivity contribution in [2.24, 2.45) is 7.05 Å². The van der Waals surface area contributed by atoms with Crippen molar-refractivity contribution < 1.29 is 9.90 Å². The number of rotatable bonds is 3. The second-order valence-corrected chi connectivity index (χ2v) is 5.84. The SMILES string of the molecule is Cn1cc(C[C@@H]2[C@@H](O)CCN2C(=O)c2ccc(C#N)cc2)cn1. The molecule has 1 aliphatic rings. The van der Waals surface area contributed by atoms with Crippen LogP contribution in [0.25, 0.3) is 0 Å². The quantitative estimate of drug-likeness (QED) is 0.920. The van der Waals surface area contributed by atoms with Crippen LogP contribution in [-0.2, 0) is 13.5 Å². The number of aromatic nitrogens is 2. The lowest BCUT2D eigenvalue weighted by molar-refractivity contribution is 0.0640. The third-order valence-corrected chi connectivity index (χ3v) is 4.24. The number of likely N-dealkylation sites (tertiary alicyclic amines) is 1. The first-order valence-corrected chi connectivity index (χ1v) is 7.55. The van der Waals surface area contributed by atoms with Gasteiger partial charge in [0, 0.05) is 25.4 Å². The maximum atomic E-state index is 12.7. The maximum absolute atomic E-state index is 12.7. The van der Waals surface area contributed by atoms with Gasteiger partial charge in [0.15, 0.2) is 0 Å². The largest absolute Gasteiger partial charge is 0.391 e. The fourth-order valence-corrected chi connectivity index (χ4v) is 3.01. The summed E-state index contributed by atoms with van der Waals surface area (Å²) in [6, 6.07) is 8.38. The highest BCUT2D eigenvalue weighted by molar-refractivity contribution is 5.94. The second-order valence-electron chi connectivity index (χ2n) is 5.84. The zero-order chi connectivity index (χ0) is 16.4. The van der Waals surface area contributed by atoms with Crippen molar-refractivity contribution in [2.45, 2.75) is 25.0 Å². The van der Waals surface area contributed by atoms with Crippen LogP contribution in [0.1, 0.15) is 27.9 Å². The summed E-state index contributed by atoms with van der Waals surface area (Å²) in [7, 11) is 1.84. The predicted molar refractivity (Wildman–Crippen MR) is 83.5 cm³/mol. The topological polar surface area (TPSA) is 82.1 Å². The van der Waals surface area contributed by atoms with Crippen molar-refractivity contribution in [3.63, 3.8) is 0 Å². The summed E-state index contributed by atoms with van der Waals surface area (Å²) in [5, 5.41) is 23.2. The van der Waals surface area contributed by atoms with Gasteiger partial charge < -0.3 is 10.0 Å². The number of aliphatic hydroxyl groups excluding tert-OH is 1. The Morgan fingerprint density at radius 3 is 2.78 bits per heavy atom. The molecule has 0 saturated carbocycles. The summed E-state index contributed by atoms with van der Waals surface area (Å²) in [5.74, 6) is -0.111. The molecule has 0 aliphatic carbocycles. The van der Waals surface area contributed by atoms with Crippen molar-refractivity contribution in [3.8, 4) is 6.07 Å². The van der Waals surface area contributed by atoms with Crippen LogP contribution < -0.4 is 0 Å². The lowest BCUT2D eigenvalue weighted by Crippen LogP contribution is -2.41. The molecule has 118 valence electrons. The second kappa shape index (κ2) is 6.23. The molecule has 1 amide bonds. The summed E-state index contributed by atoms with van der Waals surface area (Å²) in [6.07, 6.45) is 4.28. The van der Waals surface area contributed by atoms with Gasteiger partial charge in [-0.05, 0) is 42.7 Å². The third-order valence-electron chi connectivity index (χ3n) is 4.24. The first-order valence-electron chi connectivity index (χ1n) is 7.55. The molecule has 23 heavy (non-hydrogen) atoms. The van der Waals surface area contributed by atoms with Crippen molar-refractivity contribution in [1.82, 2.24) is 14.7 Å². The molecule has 0 spiro atoms. The van der Waals surface area contributed by atoms with E-state index < -0.39 is 6.10 Å². The van der Waals surface area contributed by atoms with E-state index in [0.717, 1.165) is 5.56 Å². The van der Waals surface area contributed by atoms with Crippen LogP contribution in [0.3, 0.4) is 0 Å².